The van der Waals surface area contributed by atoms with Gasteiger partial charge < -0.3 is 9.64 Å². The van der Waals surface area contributed by atoms with Gasteiger partial charge >= 0.3 is 5.97 Å². The second-order valence-corrected chi connectivity index (χ2v) is 3.59. The van der Waals surface area contributed by atoms with Crippen LogP contribution in [0.2, 0.25) is 0 Å². The minimum Gasteiger partial charge on any atom is -0.465 e. The first kappa shape index (κ1) is 13.7. The van der Waals surface area contributed by atoms with Gasteiger partial charge in [0.25, 0.3) is 0 Å². The molecule has 0 aromatic heterocycles. The van der Waals surface area contributed by atoms with Crippen molar-refractivity contribution in [1.29, 1.82) is 10.7 Å². The van der Waals surface area contributed by atoms with E-state index in [0.717, 1.165) is 5.69 Å². The Hall–Kier alpha value is -2.35. The first-order valence-corrected chi connectivity index (χ1v) is 5.55. The Morgan fingerprint density at radius 2 is 2.11 bits per heavy atom. The highest BCUT2D eigenvalue weighted by atomic mass is 16.5. The number of carbonyl (C=O) groups is 1. The third-order valence-electron chi connectivity index (χ3n) is 2.43. The number of carbonyl (C=O) groups excluding carboxylic acids is 1. The Morgan fingerprint density at radius 1 is 1.50 bits per heavy atom. The van der Waals surface area contributed by atoms with Crippen molar-refractivity contribution in [3.63, 3.8) is 0 Å². The molecule has 0 aliphatic carbocycles. The highest BCUT2D eigenvalue weighted by Gasteiger charge is 2.27. The van der Waals surface area contributed by atoms with E-state index in [9.17, 15) is 4.79 Å². The van der Waals surface area contributed by atoms with Crippen molar-refractivity contribution in [2.24, 2.45) is 5.92 Å². The third kappa shape index (κ3) is 3.08. The molecule has 5 nitrogen and oxygen atoms in total. The zero-order valence-corrected chi connectivity index (χ0v) is 10.4. The van der Waals surface area contributed by atoms with Crippen molar-refractivity contribution < 1.29 is 9.53 Å². The first-order chi connectivity index (χ1) is 8.61. The highest BCUT2D eigenvalue weighted by molar-refractivity contribution is 6.09. The lowest BCUT2D eigenvalue weighted by atomic mass is 10.1. The molecule has 0 saturated heterocycles. The van der Waals surface area contributed by atoms with Crippen molar-refractivity contribution in [1.82, 2.24) is 0 Å². The zero-order valence-electron chi connectivity index (χ0n) is 10.4. The monoisotopic (exact) mass is 245 g/mol. The fourth-order valence-electron chi connectivity index (χ4n) is 1.44. The largest absolute Gasteiger partial charge is 0.465 e. The number of nitrogens with one attached hydrogen (secondary N) is 1. The van der Waals surface area contributed by atoms with Gasteiger partial charge in [-0.15, -0.1) is 0 Å². The summed E-state index contributed by atoms with van der Waals surface area (Å²) in [6, 6.07) is 10.9. The van der Waals surface area contributed by atoms with Crippen LogP contribution in [0.1, 0.15) is 6.92 Å². The van der Waals surface area contributed by atoms with Crippen LogP contribution in [0.15, 0.2) is 30.3 Å². The molecule has 0 bridgehead atoms. The van der Waals surface area contributed by atoms with E-state index in [1.54, 1.807) is 32.2 Å². The third-order valence-corrected chi connectivity index (χ3v) is 2.43. The molecule has 0 spiro atoms. The van der Waals surface area contributed by atoms with Gasteiger partial charge in [0.05, 0.1) is 12.7 Å². The van der Waals surface area contributed by atoms with Crippen LogP contribution in [0.3, 0.4) is 0 Å². The zero-order chi connectivity index (χ0) is 13.5. The van der Waals surface area contributed by atoms with E-state index in [-0.39, 0.29) is 12.4 Å². The van der Waals surface area contributed by atoms with Gasteiger partial charge in [-0.2, -0.15) is 5.26 Å². The maximum atomic E-state index is 11.5. The summed E-state index contributed by atoms with van der Waals surface area (Å²) >= 11 is 0. The quantitative estimate of drug-likeness (QED) is 0.498. The molecule has 0 amide bonds. The van der Waals surface area contributed by atoms with Gasteiger partial charge in [0.2, 0.25) is 5.92 Å². The molecule has 5 heteroatoms. The van der Waals surface area contributed by atoms with E-state index in [1.807, 2.05) is 18.2 Å². The molecule has 0 heterocycles. The number of hydrogen-bond donors (Lipinski definition) is 1. The highest BCUT2D eigenvalue weighted by Crippen LogP contribution is 2.15. The molecule has 0 aliphatic heterocycles. The summed E-state index contributed by atoms with van der Waals surface area (Å²) < 4.78 is 4.77. The molecule has 1 aromatic carbocycles. The van der Waals surface area contributed by atoms with Crippen LogP contribution in [-0.2, 0) is 9.53 Å². The SMILES string of the molecule is CCOC(=O)C(C#N)C(=N)N(C)c1ccccc1. The van der Waals surface area contributed by atoms with Gasteiger partial charge in [-0.3, -0.25) is 10.2 Å². The fraction of sp³-hybridized carbons (Fsp3) is 0.308. The summed E-state index contributed by atoms with van der Waals surface area (Å²) in [6.45, 7) is 1.86. The standard InChI is InChI=1S/C13H15N3O2/c1-3-18-13(17)11(9-14)12(15)16(2)10-7-5-4-6-8-10/h4-8,11,15H,3H2,1-2H3. The van der Waals surface area contributed by atoms with Crippen molar-refractivity contribution in [2.45, 2.75) is 6.92 Å². The predicted molar refractivity (Wildman–Crippen MR) is 68.3 cm³/mol. The van der Waals surface area contributed by atoms with Crippen LogP contribution >= 0.6 is 0 Å². The van der Waals surface area contributed by atoms with E-state index in [4.69, 9.17) is 15.4 Å². The number of benzene rings is 1. The number of esters is 1. The van der Waals surface area contributed by atoms with Crippen molar-refractivity contribution in [3.05, 3.63) is 30.3 Å². The second kappa shape index (κ2) is 6.40. The smallest absolute Gasteiger partial charge is 0.331 e. The van der Waals surface area contributed by atoms with Gasteiger partial charge in [0.1, 0.15) is 5.84 Å². The topological polar surface area (TPSA) is 77.2 Å². The van der Waals surface area contributed by atoms with Crippen LogP contribution in [0, 0.1) is 22.7 Å². The minimum atomic E-state index is -1.20. The van der Waals surface area contributed by atoms with Crippen LogP contribution in [0.25, 0.3) is 0 Å². The molecule has 1 N–H and O–H groups in total. The molecular formula is C13H15N3O2. The summed E-state index contributed by atoms with van der Waals surface area (Å²) in [4.78, 5) is 13.0. The molecule has 94 valence electrons. The Labute approximate surface area is 106 Å². The summed E-state index contributed by atoms with van der Waals surface area (Å²) in [6.07, 6.45) is 0. The lowest BCUT2D eigenvalue weighted by Crippen LogP contribution is -2.36. The van der Waals surface area contributed by atoms with Gasteiger partial charge in [-0.1, -0.05) is 18.2 Å². The van der Waals surface area contributed by atoms with Crippen LogP contribution in [-0.4, -0.2) is 25.5 Å². The Bertz CT molecular complexity index is 465. The predicted octanol–water partition coefficient (Wildman–Crippen LogP) is 1.80. The molecule has 1 aromatic rings. The Kier molecular flexibility index (Phi) is 4.88. The van der Waals surface area contributed by atoms with E-state index in [0.29, 0.717) is 0 Å². The van der Waals surface area contributed by atoms with Gasteiger partial charge in [0, 0.05) is 12.7 Å². The second-order valence-electron chi connectivity index (χ2n) is 3.59. The normalized spacial score (nSPS) is 11.2. The number of nitriles is 1. The van der Waals surface area contributed by atoms with Crippen molar-refractivity contribution in [3.8, 4) is 6.07 Å². The molecule has 0 aliphatic rings. The number of rotatable bonds is 4. The summed E-state index contributed by atoms with van der Waals surface area (Å²) in [5, 5.41) is 16.9. The fourth-order valence-corrected chi connectivity index (χ4v) is 1.44. The average molecular weight is 245 g/mol. The lowest BCUT2D eigenvalue weighted by Gasteiger charge is -2.22. The van der Waals surface area contributed by atoms with Gasteiger partial charge in [0.15, 0.2) is 0 Å². The molecular weight excluding hydrogens is 230 g/mol. The number of nitrogens with zero attached hydrogens (tertiary/aromatic N) is 2. The average Bonchev–Trinajstić information content (AvgIpc) is 2.40. The number of hydrogen-bond acceptors (Lipinski definition) is 4. The number of ether oxygens (including phenoxy) is 1. The molecule has 1 atom stereocenters. The molecule has 0 fully saturated rings. The summed E-state index contributed by atoms with van der Waals surface area (Å²) in [5.41, 5.74) is 0.743. The minimum absolute atomic E-state index is 0.0952. The van der Waals surface area contributed by atoms with Crippen LogP contribution in [0.5, 0.6) is 0 Å². The number of para-hydroxylation sites is 1. The molecule has 0 saturated carbocycles. The van der Waals surface area contributed by atoms with Gasteiger partial charge in [-0.25, -0.2) is 0 Å². The molecule has 1 unspecified atom stereocenters. The summed E-state index contributed by atoms with van der Waals surface area (Å²) in [7, 11) is 1.64. The van der Waals surface area contributed by atoms with Crippen LogP contribution in [0.4, 0.5) is 5.69 Å². The van der Waals surface area contributed by atoms with Crippen molar-refractivity contribution >= 4 is 17.5 Å². The number of anilines is 1. The van der Waals surface area contributed by atoms with Crippen molar-refractivity contribution in [2.75, 3.05) is 18.6 Å². The molecule has 1 rings (SSSR count). The molecule has 0 radical (unpaired) electrons. The van der Waals surface area contributed by atoms with E-state index in [1.165, 1.54) is 4.90 Å². The van der Waals surface area contributed by atoms with Crippen LogP contribution < -0.4 is 4.90 Å². The number of amidine groups is 1. The first-order valence-electron chi connectivity index (χ1n) is 5.55. The summed E-state index contributed by atoms with van der Waals surface area (Å²) in [5.74, 6) is -1.98. The molecule has 18 heavy (non-hydrogen) atoms. The lowest BCUT2D eigenvalue weighted by molar-refractivity contribution is -0.144. The Morgan fingerprint density at radius 3 is 2.61 bits per heavy atom. The Balaban J connectivity index is 2.86. The maximum Gasteiger partial charge on any atom is 0.331 e. The maximum absolute atomic E-state index is 11.5. The van der Waals surface area contributed by atoms with E-state index >= 15 is 0 Å². The van der Waals surface area contributed by atoms with Gasteiger partial charge in [-0.05, 0) is 19.1 Å². The van der Waals surface area contributed by atoms with E-state index in [2.05, 4.69) is 0 Å². The van der Waals surface area contributed by atoms with E-state index < -0.39 is 11.9 Å².